The molecular weight excluding hydrogens is 314 g/mol. The van der Waals surface area contributed by atoms with Crippen molar-refractivity contribution < 1.29 is 4.79 Å². The first kappa shape index (κ1) is 17.0. The van der Waals surface area contributed by atoms with Crippen LogP contribution in [0.5, 0.6) is 0 Å². The molecule has 0 spiro atoms. The molecule has 5 nitrogen and oxygen atoms in total. The van der Waals surface area contributed by atoms with E-state index in [1.54, 1.807) is 14.0 Å². The molecule has 3 aromatic rings. The molecule has 0 saturated heterocycles. The molecule has 0 atom stereocenters. The minimum Gasteiger partial charge on any atom is -0.308 e. The summed E-state index contributed by atoms with van der Waals surface area (Å²) < 4.78 is 3.27. The molecule has 0 fully saturated rings. The van der Waals surface area contributed by atoms with Gasteiger partial charge < -0.3 is 4.90 Å². The van der Waals surface area contributed by atoms with Crippen molar-refractivity contribution in [3.05, 3.63) is 65.1 Å². The van der Waals surface area contributed by atoms with Crippen LogP contribution in [-0.4, -0.2) is 21.1 Å². The third kappa shape index (κ3) is 3.09. The Kier molecular flexibility index (Phi) is 4.74. The van der Waals surface area contributed by atoms with Gasteiger partial charge in [-0.25, -0.2) is 4.79 Å². The fraction of sp³-hybridized carbons (Fsp3) is 0.300. The number of aromatic nitrogens is 2. The number of nitrogens with zero attached hydrogens (tertiary/aromatic N) is 3. The average Bonchev–Trinajstić information content (AvgIpc) is 2.87. The van der Waals surface area contributed by atoms with Crippen molar-refractivity contribution >= 4 is 22.6 Å². The molecule has 0 aliphatic rings. The van der Waals surface area contributed by atoms with Crippen LogP contribution in [0.2, 0.25) is 0 Å². The summed E-state index contributed by atoms with van der Waals surface area (Å²) in [7, 11) is 0. The second kappa shape index (κ2) is 6.97. The van der Waals surface area contributed by atoms with Crippen molar-refractivity contribution in [2.24, 2.45) is 0 Å². The van der Waals surface area contributed by atoms with E-state index in [2.05, 4.69) is 0 Å². The highest BCUT2D eigenvalue weighted by Gasteiger charge is 2.22. The van der Waals surface area contributed by atoms with E-state index in [1.807, 2.05) is 75.4 Å². The summed E-state index contributed by atoms with van der Waals surface area (Å²) in [6.45, 7) is 6.49. The Morgan fingerprint density at radius 2 is 1.52 bits per heavy atom. The Balaban J connectivity index is 2.02. The van der Waals surface area contributed by atoms with E-state index < -0.39 is 0 Å². The molecule has 0 aliphatic carbocycles. The third-order valence-corrected chi connectivity index (χ3v) is 4.35. The predicted molar refractivity (Wildman–Crippen MR) is 101 cm³/mol. The summed E-state index contributed by atoms with van der Waals surface area (Å²) in [5, 5.41) is 0. The molecule has 3 rings (SSSR count). The van der Waals surface area contributed by atoms with Crippen molar-refractivity contribution in [2.45, 2.75) is 39.9 Å². The monoisotopic (exact) mass is 337 g/mol. The van der Waals surface area contributed by atoms with E-state index in [9.17, 15) is 9.59 Å². The maximum atomic E-state index is 13.0. The molecular formula is C20H23N3O2. The number of imidazole rings is 1. The lowest BCUT2D eigenvalue weighted by molar-refractivity contribution is -0.119. The highest BCUT2D eigenvalue weighted by molar-refractivity contribution is 5.94. The lowest BCUT2D eigenvalue weighted by Gasteiger charge is -2.27. The lowest BCUT2D eigenvalue weighted by Crippen LogP contribution is -2.41. The number of hydrogen-bond acceptors (Lipinski definition) is 2. The van der Waals surface area contributed by atoms with Crippen molar-refractivity contribution in [2.75, 3.05) is 4.90 Å². The first-order valence-corrected chi connectivity index (χ1v) is 8.59. The van der Waals surface area contributed by atoms with Crippen LogP contribution in [-0.2, 0) is 17.9 Å². The number of benzene rings is 2. The second-order valence-electron chi connectivity index (χ2n) is 6.29. The number of carbonyl (C=O) groups is 1. The van der Waals surface area contributed by atoms with Crippen LogP contribution in [0.15, 0.2) is 59.4 Å². The zero-order valence-corrected chi connectivity index (χ0v) is 14.8. The van der Waals surface area contributed by atoms with Gasteiger partial charge in [0, 0.05) is 18.3 Å². The molecule has 5 heteroatoms. The standard InChI is InChI=1S/C20H23N3O2/c1-4-21-17-12-8-9-13-18(17)22(20(21)25)14-19(24)23(15(2)3)16-10-6-5-7-11-16/h5-13,15H,4,14H2,1-3H3. The summed E-state index contributed by atoms with van der Waals surface area (Å²) in [6, 6.07) is 17.2. The van der Waals surface area contributed by atoms with Gasteiger partial charge in [0.25, 0.3) is 0 Å². The van der Waals surface area contributed by atoms with E-state index in [4.69, 9.17) is 0 Å². The van der Waals surface area contributed by atoms with Gasteiger partial charge >= 0.3 is 5.69 Å². The third-order valence-electron chi connectivity index (χ3n) is 4.35. The lowest BCUT2D eigenvalue weighted by atomic mass is 10.2. The van der Waals surface area contributed by atoms with Crippen molar-refractivity contribution in [1.29, 1.82) is 0 Å². The highest BCUT2D eigenvalue weighted by atomic mass is 16.2. The van der Waals surface area contributed by atoms with Crippen LogP contribution in [0.3, 0.4) is 0 Å². The van der Waals surface area contributed by atoms with Crippen LogP contribution in [0.4, 0.5) is 5.69 Å². The molecule has 1 heterocycles. The van der Waals surface area contributed by atoms with Crippen molar-refractivity contribution in [1.82, 2.24) is 9.13 Å². The number of hydrogen-bond donors (Lipinski definition) is 0. The molecule has 130 valence electrons. The van der Waals surface area contributed by atoms with Crippen LogP contribution in [0.1, 0.15) is 20.8 Å². The molecule has 25 heavy (non-hydrogen) atoms. The van der Waals surface area contributed by atoms with Gasteiger partial charge in [-0.1, -0.05) is 30.3 Å². The van der Waals surface area contributed by atoms with Crippen LogP contribution >= 0.6 is 0 Å². The van der Waals surface area contributed by atoms with Gasteiger partial charge in [0.15, 0.2) is 0 Å². The van der Waals surface area contributed by atoms with E-state index in [0.29, 0.717) is 6.54 Å². The Morgan fingerprint density at radius 1 is 0.960 bits per heavy atom. The highest BCUT2D eigenvalue weighted by Crippen LogP contribution is 2.18. The van der Waals surface area contributed by atoms with Crippen LogP contribution in [0.25, 0.3) is 11.0 Å². The Bertz CT molecular complexity index is 938. The molecule has 0 aliphatic heterocycles. The van der Waals surface area contributed by atoms with Gasteiger partial charge in [-0.3, -0.25) is 13.9 Å². The topological polar surface area (TPSA) is 47.2 Å². The predicted octanol–water partition coefficient (Wildman–Crippen LogP) is 3.26. The minimum atomic E-state index is -0.145. The molecule has 1 aromatic heterocycles. The molecule has 2 aromatic carbocycles. The van der Waals surface area contributed by atoms with Crippen LogP contribution < -0.4 is 10.6 Å². The van der Waals surface area contributed by atoms with Crippen molar-refractivity contribution in [3.63, 3.8) is 0 Å². The van der Waals surface area contributed by atoms with Gasteiger partial charge in [-0.15, -0.1) is 0 Å². The van der Waals surface area contributed by atoms with Gasteiger partial charge in [0.05, 0.1) is 11.0 Å². The quantitative estimate of drug-likeness (QED) is 0.717. The molecule has 0 unspecified atom stereocenters. The summed E-state index contributed by atoms with van der Waals surface area (Å²) >= 11 is 0. The average molecular weight is 337 g/mol. The molecule has 1 amide bonds. The Hall–Kier alpha value is -2.82. The molecule has 0 radical (unpaired) electrons. The second-order valence-corrected chi connectivity index (χ2v) is 6.29. The Morgan fingerprint density at radius 3 is 2.08 bits per heavy atom. The summed E-state index contributed by atoms with van der Waals surface area (Å²) in [4.78, 5) is 27.5. The maximum absolute atomic E-state index is 13.0. The van der Waals surface area contributed by atoms with Crippen LogP contribution in [0, 0.1) is 0 Å². The summed E-state index contributed by atoms with van der Waals surface area (Å²) in [6.07, 6.45) is 0. The van der Waals surface area contributed by atoms with E-state index >= 15 is 0 Å². The SMILES string of the molecule is CCn1c(=O)n(CC(=O)N(c2ccccc2)C(C)C)c2ccccc21. The van der Waals surface area contributed by atoms with Gasteiger partial charge in [0.2, 0.25) is 5.91 Å². The van der Waals surface area contributed by atoms with Crippen molar-refractivity contribution in [3.8, 4) is 0 Å². The maximum Gasteiger partial charge on any atom is 0.329 e. The number of anilines is 1. The van der Waals surface area contributed by atoms with Gasteiger partial charge in [0.1, 0.15) is 6.54 Å². The molecule has 0 bridgehead atoms. The molecule has 0 saturated carbocycles. The first-order valence-electron chi connectivity index (χ1n) is 8.59. The zero-order chi connectivity index (χ0) is 18.0. The normalized spacial score (nSPS) is 11.2. The van der Waals surface area contributed by atoms with E-state index in [0.717, 1.165) is 16.7 Å². The summed E-state index contributed by atoms with van der Waals surface area (Å²) in [5.41, 5.74) is 2.35. The largest absolute Gasteiger partial charge is 0.329 e. The van der Waals surface area contributed by atoms with Gasteiger partial charge in [-0.2, -0.15) is 0 Å². The van der Waals surface area contributed by atoms with E-state index in [1.165, 1.54) is 0 Å². The smallest absolute Gasteiger partial charge is 0.308 e. The number of fused-ring (bicyclic) bond motifs is 1. The summed E-state index contributed by atoms with van der Waals surface area (Å²) in [5.74, 6) is -0.0951. The number of para-hydroxylation sites is 3. The number of amides is 1. The fourth-order valence-electron chi connectivity index (χ4n) is 3.26. The minimum absolute atomic E-state index is 0.00475. The zero-order valence-electron chi connectivity index (χ0n) is 14.8. The fourth-order valence-corrected chi connectivity index (χ4v) is 3.26. The number of aryl methyl sites for hydroxylation is 1. The van der Waals surface area contributed by atoms with E-state index in [-0.39, 0.29) is 24.2 Å². The number of rotatable bonds is 5. The molecule has 0 N–H and O–H groups in total. The number of carbonyl (C=O) groups excluding carboxylic acids is 1. The van der Waals surface area contributed by atoms with Gasteiger partial charge in [-0.05, 0) is 45.0 Å². The Labute approximate surface area is 147 Å². The first-order chi connectivity index (χ1) is 12.0.